The molecule has 4 nitrogen and oxygen atoms in total. The van der Waals surface area contributed by atoms with E-state index in [4.69, 9.17) is 9.84 Å². The van der Waals surface area contributed by atoms with Gasteiger partial charge in [0, 0.05) is 6.61 Å². The van der Waals surface area contributed by atoms with Gasteiger partial charge in [-0.05, 0) is 18.9 Å². The van der Waals surface area contributed by atoms with Crippen molar-refractivity contribution < 1.29 is 14.6 Å². The van der Waals surface area contributed by atoms with Gasteiger partial charge >= 0.3 is 5.97 Å². The molecule has 4 heteroatoms. The Morgan fingerprint density at radius 2 is 2.00 bits per heavy atom. The Hall–Kier alpha value is -0.610. The van der Waals surface area contributed by atoms with Crippen LogP contribution in [0.3, 0.4) is 0 Å². The van der Waals surface area contributed by atoms with Crippen molar-refractivity contribution in [3.05, 3.63) is 0 Å². The number of carbonyl (C=O) groups is 1. The molecule has 0 amide bonds. The summed E-state index contributed by atoms with van der Waals surface area (Å²) >= 11 is 0. The molecule has 0 aliphatic heterocycles. The highest BCUT2D eigenvalue weighted by Gasteiger charge is 2.16. The van der Waals surface area contributed by atoms with Gasteiger partial charge in [0.05, 0.1) is 6.61 Å². The number of hydrogen-bond donors (Lipinski definition) is 2. The molecule has 2 N–H and O–H groups in total. The maximum absolute atomic E-state index is 10.9. The molecule has 0 aliphatic carbocycles. The Morgan fingerprint density at radius 1 is 1.29 bits per heavy atom. The van der Waals surface area contributed by atoms with Crippen molar-refractivity contribution in [1.82, 2.24) is 5.32 Å². The van der Waals surface area contributed by atoms with Gasteiger partial charge in [0.15, 0.2) is 0 Å². The first kappa shape index (κ1) is 16.4. The highest BCUT2D eigenvalue weighted by Crippen LogP contribution is 2.12. The smallest absolute Gasteiger partial charge is 0.323 e. The van der Waals surface area contributed by atoms with Crippen LogP contribution in [0.2, 0.25) is 0 Å². The van der Waals surface area contributed by atoms with Crippen LogP contribution in [0, 0.1) is 5.92 Å². The number of carboxylic acid groups (broad SMARTS) is 1. The maximum Gasteiger partial charge on any atom is 0.323 e. The molecule has 0 saturated carbocycles. The lowest BCUT2D eigenvalue weighted by Gasteiger charge is -2.17. The molecule has 0 aliphatic rings. The lowest BCUT2D eigenvalue weighted by molar-refractivity contribution is -0.141. The maximum atomic E-state index is 10.9. The van der Waals surface area contributed by atoms with Crippen LogP contribution < -0.4 is 5.32 Å². The second kappa shape index (κ2) is 10.5. The minimum absolute atomic E-state index is 0.256. The number of aliphatic carboxylic acids is 1. The molecule has 0 rings (SSSR count). The quantitative estimate of drug-likeness (QED) is 0.586. The van der Waals surface area contributed by atoms with E-state index in [0.717, 1.165) is 6.42 Å². The zero-order valence-electron chi connectivity index (χ0n) is 11.4. The van der Waals surface area contributed by atoms with Gasteiger partial charge in [-0.2, -0.15) is 0 Å². The van der Waals surface area contributed by atoms with Gasteiger partial charge < -0.3 is 15.2 Å². The molecule has 0 aromatic carbocycles. The Bertz CT molecular complexity index is 197. The third kappa shape index (κ3) is 8.16. The lowest BCUT2D eigenvalue weighted by Crippen LogP contribution is -2.40. The average Bonchev–Trinajstić information content (AvgIpc) is 2.31. The van der Waals surface area contributed by atoms with Crippen molar-refractivity contribution in [2.24, 2.45) is 5.92 Å². The predicted molar refractivity (Wildman–Crippen MR) is 69.2 cm³/mol. The number of ether oxygens (including phenoxy) is 1. The Balaban J connectivity index is 3.80. The first-order valence-electron chi connectivity index (χ1n) is 6.69. The first-order valence-corrected chi connectivity index (χ1v) is 6.69. The van der Waals surface area contributed by atoms with Crippen LogP contribution in [0.25, 0.3) is 0 Å². The van der Waals surface area contributed by atoms with E-state index in [0.29, 0.717) is 19.1 Å². The second-order valence-corrected chi connectivity index (χ2v) is 4.40. The van der Waals surface area contributed by atoms with Gasteiger partial charge in [-0.3, -0.25) is 4.79 Å². The van der Waals surface area contributed by atoms with Crippen LogP contribution in [-0.2, 0) is 9.53 Å². The minimum atomic E-state index is -0.839. The molecular weight excluding hydrogens is 218 g/mol. The standard InChI is InChI=1S/C13H27NO3/c1-4-7-8-11(5-2)9-17-10-12(13(15)16)14-6-3/h11-12,14H,4-10H2,1-3H3,(H,15,16). The third-order valence-electron chi connectivity index (χ3n) is 2.93. The van der Waals surface area contributed by atoms with E-state index in [1.54, 1.807) is 0 Å². The number of carboxylic acids is 1. The monoisotopic (exact) mass is 245 g/mol. The van der Waals surface area contributed by atoms with Crippen LogP contribution in [-0.4, -0.2) is 36.9 Å². The lowest BCUT2D eigenvalue weighted by atomic mass is 10.0. The Labute approximate surface area is 105 Å². The van der Waals surface area contributed by atoms with Gasteiger partial charge in [-0.15, -0.1) is 0 Å². The summed E-state index contributed by atoms with van der Waals surface area (Å²) in [7, 11) is 0. The molecule has 0 bridgehead atoms. The highest BCUT2D eigenvalue weighted by atomic mass is 16.5. The van der Waals surface area contributed by atoms with Crippen LogP contribution in [0.5, 0.6) is 0 Å². The summed E-state index contributed by atoms with van der Waals surface area (Å²) in [6.07, 6.45) is 4.69. The zero-order chi connectivity index (χ0) is 13.1. The largest absolute Gasteiger partial charge is 0.480 e. The molecule has 0 aromatic rings. The molecule has 0 aromatic heterocycles. The second-order valence-electron chi connectivity index (χ2n) is 4.40. The fourth-order valence-electron chi connectivity index (χ4n) is 1.71. The molecule has 102 valence electrons. The summed E-state index contributed by atoms with van der Waals surface area (Å²) in [5, 5.41) is 11.8. The van der Waals surface area contributed by atoms with E-state index in [1.807, 2.05) is 6.92 Å². The average molecular weight is 245 g/mol. The van der Waals surface area contributed by atoms with Gasteiger partial charge in [0.25, 0.3) is 0 Å². The van der Waals surface area contributed by atoms with E-state index in [9.17, 15) is 4.79 Å². The summed E-state index contributed by atoms with van der Waals surface area (Å²) < 4.78 is 5.52. The van der Waals surface area contributed by atoms with Gasteiger partial charge in [0.2, 0.25) is 0 Å². The fraction of sp³-hybridized carbons (Fsp3) is 0.923. The predicted octanol–water partition coefficient (Wildman–Crippen LogP) is 2.28. The third-order valence-corrected chi connectivity index (χ3v) is 2.93. The number of likely N-dealkylation sites (N-methyl/N-ethyl adjacent to an activating group) is 1. The molecule has 2 unspecified atom stereocenters. The molecule has 0 radical (unpaired) electrons. The number of hydrogen-bond acceptors (Lipinski definition) is 3. The molecule has 0 heterocycles. The first-order chi connectivity index (χ1) is 8.15. The number of rotatable bonds is 11. The highest BCUT2D eigenvalue weighted by molar-refractivity contribution is 5.73. The van der Waals surface area contributed by atoms with Crippen molar-refractivity contribution >= 4 is 5.97 Å². The Morgan fingerprint density at radius 3 is 2.47 bits per heavy atom. The van der Waals surface area contributed by atoms with Crippen molar-refractivity contribution in [1.29, 1.82) is 0 Å². The summed E-state index contributed by atoms with van der Waals surface area (Å²) in [4.78, 5) is 10.9. The van der Waals surface area contributed by atoms with Crippen LogP contribution in [0.1, 0.15) is 46.5 Å². The number of nitrogens with one attached hydrogen (secondary N) is 1. The van der Waals surface area contributed by atoms with Crippen LogP contribution in [0.4, 0.5) is 0 Å². The summed E-state index contributed by atoms with van der Waals surface area (Å²) in [6, 6.07) is -0.580. The molecule has 0 spiro atoms. The molecule has 17 heavy (non-hydrogen) atoms. The van der Waals surface area contributed by atoms with E-state index >= 15 is 0 Å². The molecule has 0 fully saturated rings. The van der Waals surface area contributed by atoms with Crippen molar-refractivity contribution in [3.8, 4) is 0 Å². The SMILES string of the molecule is CCCCC(CC)COCC(NCC)C(=O)O. The van der Waals surface area contributed by atoms with E-state index in [2.05, 4.69) is 19.2 Å². The summed E-state index contributed by atoms with van der Waals surface area (Å²) in [5.41, 5.74) is 0. The van der Waals surface area contributed by atoms with Crippen LogP contribution in [0.15, 0.2) is 0 Å². The van der Waals surface area contributed by atoms with E-state index in [-0.39, 0.29) is 6.61 Å². The Kier molecular flexibility index (Phi) is 10.2. The topological polar surface area (TPSA) is 58.6 Å². The van der Waals surface area contributed by atoms with Crippen molar-refractivity contribution in [3.63, 3.8) is 0 Å². The number of unbranched alkanes of at least 4 members (excludes halogenated alkanes) is 1. The van der Waals surface area contributed by atoms with Gasteiger partial charge in [0.1, 0.15) is 6.04 Å². The van der Waals surface area contributed by atoms with Crippen molar-refractivity contribution in [2.75, 3.05) is 19.8 Å². The van der Waals surface area contributed by atoms with Crippen molar-refractivity contribution in [2.45, 2.75) is 52.5 Å². The molecular formula is C13H27NO3. The van der Waals surface area contributed by atoms with E-state index in [1.165, 1.54) is 19.3 Å². The molecule has 2 atom stereocenters. The van der Waals surface area contributed by atoms with Gasteiger partial charge in [-0.1, -0.05) is 40.0 Å². The zero-order valence-corrected chi connectivity index (χ0v) is 11.4. The van der Waals surface area contributed by atoms with E-state index < -0.39 is 12.0 Å². The van der Waals surface area contributed by atoms with Gasteiger partial charge in [-0.25, -0.2) is 0 Å². The normalized spacial score (nSPS) is 14.5. The fourth-order valence-corrected chi connectivity index (χ4v) is 1.71. The molecule has 0 saturated heterocycles. The van der Waals surface area contributed by atoms with Crippen LogP contribution >= 0.6 is 0 Å². The summed E-state index contributed by atoms with van der Waals surface area (Å²) in [5.74, 6) is -0.278. The summed E-state index contributed by atoms with van der Waals surface area (Å²) in [6.45, 7) is 7.80. The minimum Gasteiger partial charge on any atom is -0.480 e.